The molecule has 1 aromatic heterocycles. The van der Waals surface area contributed by atoms with Crippen molar-refractivity contribution in [3.63, 3.8) is 0 Å². The Bertz CT molecular complexity index is 466. The molecule has 2 unspecified atom stereocenters. The fourth-order valence-corrected chi connectivity index (χ4v) is 2.38. The van der Waals surface area contributed by atoms with E-state index in [1.165, 1.54) is 0 Å². The second kappa shape index (κ2) is 5.53. The largest absolute Gasteiger partial charge is 0.433 e. The maximum absolute atomic E-state index is 12.7. The van der Waals surface area contributed by atoms with Gasteiger partial charge in [-0.1, -0.05) is 0 Å². The highest BCUT2D eigenvalue weighted by Gasteiger charge is 2.36. The van der Waals surface area contributed by atoms with Crippen molar-refractivity contribution in [2.24, 2.45) is 0 Å². The summed E-state index contributed by atoms with van der Waals surface area (Å²) in [5, 5.41) is 9.74. The van der Waals surface area contributed by atoms with Gasteiger partial charge in [-0.05, 0) is 26.6 Å². The van der Waals surface area contributed by atoms with E-state index in [1.54, 1.807) is 4.90 Å². The lowest BCUT2D eigenvalue weighted by Gasteiger charge is -2.27. The third kappa shape index (κ3) is 3.37. The van der Waals surface area contributed by atoms with E-state index < -0.39 is 18.0 Å². The molecule has 2 atom stereocenters. The van der Waals surface area contributed by atoms with Crippen LogP contribution in [-0.4, -0.2) is 59.3 Å². The molecule has 8 heteroatoms. The van der Waals surface area contributed by atoms with E-state index in [9.17, 15) is 18.3 Å². The molecule has 5 nitrogen and oxygen atoms in total. The van der Waals surface area contributed by atoms with Crippen molar-refractivity contribution in [2.75, 3.05) is 32.1 Å². The average Bonchev–Trinajstić information content (AvgIpc) is 2.68. The number of anilines is 1. The quantitative estimate of drug-likeness (QED) is 0.900. The molecule has 1 saturated heterocycles. The van der Waals surface area contributed by atoms with Crippen LogP contribution in [0.15, 0.2) is 12.3 Å². The number of likely N-dealkylation sites (N-methyl/N-ethyl adjacent to an activating group) is 1. The Kier molecular flexibility index (Phi) is 4.14. The maximum atomic E-state index is 12.7. The van der Waals surface area contributed by atoms with E-state index in [0.717, 1.165) is 12.3 Å². The second-order valence-corrected chi connectivity index (χ2v) is 5.20. The van der Waals surface area contributed by atoms with Crippen molar-refractivity contribution in [3.8, 4) is 0 Å². The van der Waals surface area contributed by atoms with E-state index >= 15 is 0 Å². The van der Waals surface area contributed by atoms with Crippen LogP contribution in [0.1, 0.15) is 12.1 Å². The summed E-state index contributed by atoms with van der Waals surface area (Å²) in [5.74, 6) is 0.0169. The van der Waals surface area contributed by atoms with E-state index in [0.29, 0.717) is 13.0 Å². The van der Waals surface area contributed by atoms with Gasteiger partial charge in [0.15, 0.2) is 0 Å². The fraction of sp³-hybridized carbons (Fsp3) is 0.667. The molecule has 1 aliphatic heterocycles. The summed E-state index contributed by atoms with van der Waals surface area (Å²) in [4.78, 5) is 11.0. The van der Waals surface area contributed by atoms with Crippen LogP contribution in [0, 0.1) is 0 Å². The Labute approximate surface area is 115 Å². The predicted molar refractivity (Wildman–Crippen MR) is 67.3 cm³/mol. The summed E-state index contributed by atoms with van der Waals surface area (Å²) < 4.78 is 38.0. The zero-order valence-electron chi connectivity index (χ0n) is 11.3. The minimum Gasteiger partial charge on any atom is -0.391 e. The van der Waals surface area contributed by atoms with Crippen LogP contribution < -0.4 is 4.90 Å². The first-order valence-corrected chi connectivity index (χ1v) is 6.27. The lowest BCUT2D eigenvalue weighted by atomic mass is 10.2. The smallest absolute Gasteiger partial charge is 0.391 e. The summed E-state index contributed by atoms with van der Waals surface area (Å²) in [7, 11) is 3.74. The zero-order chi connectivity index (χ0) is 14.9. The molecular weight excluding hydrogens is 273 g/mol. The maximum Gasteiger partial charge on any atom is 0.433 e. The second-order valence-electron chi connectivity index (χ2n) is 5.20. The van der Waals surface area contributed by atoms with Crippen molar-refractivity contribution in [3.05, 3.63) is 18.0 Å². The van der Waals surface area contributed by atoms with Crippen LogP contribution in [0.25, 0.3) is 0 Å². The minimum atomic E-state index is -4.49. The number of nitrogens with zero attached hydrogens (tertiary/aromatic N) is 4. The van der Waals surface area contributed by atoms with E-state index in [4.69, 9.17) is 0 Å². The van der Waals surface area contributed by atoms with E-state index in [2.05, 4.69) is 9.97 Å². The van der Waals surface area contributed by atoms with Gasteiger partial charge in [0.05, 0.1) is 6.10 Å². The molecule has 1 fully saturated rings. The van der Waals surface area contributed by atoms with Crippen molar-refractivity contribution >= 4 is 5.95 Å². The summed E-state index contributed by atoms with van der Waals surface area (Å²) >= 11 is 0. The summed E-state index contributed by atoms with van der Waals surface area (Å²) in [6, 6.07) is 0.750. The van der Waals surface area contributed by atoms with Gasteiger partial charge in [-0.2, -0.15) is 13.2 Å². The first-order chi connectivity index (χ1) is 9.27. The average molecular weight is 290 g/mol. The van der Waals surface area contributed by atoms with Crippen LogP contribution in [-0.2, 0) is 6.18 Å². The molecule has 0 radical (unpaired) electrons. The lowest BCUT2D eigenvalue weighted by Crippen LogP contribution is -2.38. The number of aromatic nitrogens is 2. The lowest BCUT2D eigenvalue weighted by molar-refractivity contribution is -0.141. The molecule has 0 amide bonds. The normalized spacial score (nSPS) is 23.6. The minimum absolute atomic E-state index is 0.0169. The Hall–Kier alpha value is -1.41. The first-order valence-electron chi connectivity index (χ1n) is 6.27. The molecule has 1 aliphatic rings. The van der Waals surface area contributed by atoms with Gasteiger partial charge in [-0.15, -0.1) is 0 Å². The highest BCUT2D eigenvalue weighted by molar-refractivity contribution is 5.35. The highest BCUT2D eigenvalue weighted by Crippen LogP contribution is 2.30. The standard InChI is InChI=1S/C12H17F3N4O/c1-18(2)6-8-5-9(20)7-19(8)11-16-4-3-10(17-11)12(13,14)15/h3-4,8-9,20H,5-7H2,1-2H3. The van der Waals surface area contributed by atoms with Gasteiger partial charge in [0.25, 0.3) is 0 Å². The number of hydrogen-bond donors (Lipinski definition) is 1. The molecule has 2 rings (SSSR count). The molecule has 0 bridgehead atoms. The number of hydrogen-bond acceptors (Lipinski definition) is 5. The first kappa shape index (κ1) is 15.0. The van der Waals surface area contributed by atoms with Gasteiger partial charge in [0.2, 0.25) is 5.95 Å². The number of halogens is 3. The summed E-state index contributed by atoms with van der Waals surface area (Å²) in [6.45, 7) is 0.872. The van der Waals surface area contributed by atoms with Crippen LogP contribution in [0.5, 0.6) is 0 Å². The van der Waals surface area contributed by atoms with Gasteiger partial charge in [0.1, 0.15) is 5.69 Å². The third-order valence-corrected chi connectivity index (χ3v) is 3.16. The molecule has 1 N–H and O–H groups in total. The molecule has 0 aromatic carbocycles. The van der Waals surface area contributed by atoms with Crippen molar-refractivity contribution in [2.45, 2.75) is 24.7 Å². The predicted octanol–water partition coefficient (Wildman–Crippen LogP) is 0.997. The van der Waals surface area contributed by atoms with E-state index in [1.807, 2.05) is 19.0 Å². The van der Waals surface area contributed by atoms with E-state index in [-0.39, 0.29) is 18.5 Å². The Morgan fingerprint density at radius 1 is 1.45 bits per heavy atom. The summed E-state index contributed by atoms with van der Waals surface area (Å²) in [6.07, 6.45) is -3.47. The summed E-state index contributed by atoms with van der Waals surface area (Å²) in [5.41, 5.74) is -0.965. The fourth-order valence-electron chi connectivity index (χ4n) is 2.38. The van der Waals surface area contributed by atoms with Crippen LogP contribution >= 0.6 is 0 Å². The molecule has 0 spiro atoms. The number of β-amino-alcohol motifs (C(OH)–C–C–N with tert-alkyl or cyclic N) is 1. The van der Waals surface area contributed by atoms with Crippen molar-refractivity contribution < 1.29 is 18.3 Å². The molecule has 2 heterocycles. The number of aliphatic hydroxyl groups excluding tert-OH is 1. The number of alkyl halides is 3. The SMILES string of the molecule is CN(C)CC1CC(O)CN1c1nccc(C(F)(F)F)n1. The highest BCUT2D eigenvalue weighted by atomic mass is 19.4. The molecular formula is C12H17F3N4O. The Morgan fingerprint density at radius 2 is 2.15 bits per heavy atom. The van der Waals surface area contributed by atoms with Gasteiger partial charge in [0, 0.05) is 25.3 Å². The molecule has 20 heavy (non-hydrogen) atoms. The number of rotatable bonds is 3. The molecule has 1 aromatic rings. The zero-order valence-corrected chi connectivity index (χ0v) is 11.3. The monoisotopic (exact) mass is 290 g/mol. The molecule has 0 saturated carbocycles. The molecule has 0 aliphatic carbocycles. The Morgan fingerprint density at radius 3 is 2.75 bits per heavy atom. The van der Waals surface area contributed by atoms with Crippen LogP contribution in [0.4, 0.5) is 19.1 Å². The topological polar surface area (TPSA) is 52.5 Å². The van der Waals surface area contributed by atoms with Crippen LogP contribution in [0.3, 0.4) is 0 Å². The molecule has 112 valence electrons. The van der Waals surface area contributed by atoms with Crippen LogP contribution in [0.2, 0.25) is 0 Å². The Balaban J connectivity index is 2.25. The van der Waals surface area contributed by atoms with Gasteiger partial charge in [-0.25, -0.2) is 9.97 Å². The van der Waals surface area contributed by atoms with Crippen molar-refractivity contribution in [1.82, 2.24) is 14.9 Å². The van der Waals surface area contributed by atoms with Gasteiger partial charge in [-0.3, -0.25) is 0 Å². The van der Waals surface area contributed by atoms with Gasteiger partial charge < -0.3 is 14.9 Å². The number of aliphatic hydroxyl groups is 1. The third-order valence-electron chi connectivity index (χ3n) is 3.16. The van der Waals surface area contributed by atoms with Crippen molar-refractivity contribution in [1.29, 1.82) is 0 Å². The van der Waals surface area contributed by atoms with Gasteiger partial charge >= 0.3 is 6.18 Å².